The maximum atomic E-state index is 10.8. The summed E-state index contributed by atoms with van der Waals surface area (Å²) < 4.78 is 0.917. The molecule has 0 aliphatic carbocycles. The zero-order valence-corrected chi connectivity index (χ0v) is 12.7. The number of carboxylic acid groups (broad SMARTS) is 1. The van der Waals surface area contributed by atoms with Gasteiger partial charge in [0.1, 0.15) is 6.33 Å². The number of hydrogen-bond donors (Lipinski definition) is 1. The van der Waals surface area contributed by atoms with Crippen LogP contribution >= 0.6 is 15.9 Å². The van der Waals surface area contributed by atoms with Gasteiger partial charge in [0.05, 0.1) is 5.69 Å². The van der Waals surface area contributed by atoms with E-state index in [2.05, 4.69) is 25.9 Å². The predicted octanol–water partition coefficient (Wildman–Crippen LogP) is 2.22. The topological polar surface area (TPSA) is 63.1 Å². The van der Waals surface area contributed by atoms with Gasteiger partial charge in [-0.05, 0) is 18.2 Å². The summed E-state index contributed by atoms with van der Waals surface area (Å²) in [7, 11) is 0. The molecule has 81 valence electrons. The third-order valence-corrected chi connectivity index (χ3v) is 2.50. The second kappa shape index (κ2) is 6.26. The van der Waals surface area contributed by atoms with Crippen LogP contribution in [0.25, 0.3) is 11.3 Å². The van der Waals surface area contributed by atoms with E-state index in [0.717, 1.165) is 10.0 Å². The van der Waals surface area contributed by atoms with Crippen LogP contribution < -0.4 is 0 Å². The summed E-state index contributed by atoms with van der Waals surface area (Å²) in [5, 5.41) is 8.81. The van der Waals surface area contributed by atoms with Crippen molar-refractivity contribution in [2.24, 2.45) is 0 Å². The first kappa shape index (κ1) is 14.3. The maximum absolute atomic E-state index is 10.8. The van der Waals surface area contributed by atoms with Crippen LogP contribution in [0.1, 0.15) is 10.5 Å². The van der Waals surface area contributed by atoms with Crippen molar-refractivity contribution in [2.75, 3.05) is 0 Å². The molecule has 0 aliphatic rings. The van der Waals surface area contributed by atoms with E-state index in [1.807, 2.05) is 24.3 Å². The molecule has 4 nitrogen and oxygen atoms in total. The molecule has 0 amide bonds. The number of aromatic nitrogens is 2. The van der Waals surface area contributed by atoms with Crippen LogP contribution in [0.2, 0.25) is 0 Å². The van der Waals surface area contributed by atoms with E-state index in [9.17, 15) is 4.79 Å². The Kier molecular flexibility index (Phi) is 5.27. The van der Waals surface area contributed by atoms with Crippen LogP contribution in [0.3, 0.4) is 0 Å². The molecule has 2 rings (SSSR count). The van der Waals surface area contributed by atoms with Crippen molar-refractivity contribution in [3.8, 4) is 11.3 Å². The molecule has 0 aliphatic heterocycles. The molecule has 0 bridgehead atoms. The molecule has 1 N–H and O–H groups in total. The minimum Gasteiger partial charge on any atom is -0.477 e. The van der Waals surface area contributed by atoms with Gasteiger partial charge in [-0.2, -0.15) is 0 Å². The molecule has 0 atom stereocenters. The Bertz CT molecular complexity index is 548. The van der Waals surface area contributed by atoms with Crippen molar-refractivity contribution in [3.63, 3.8) is 0 Å². The summed E-state index contributed by atoms with van der Waals surface area (Å²) >= 11 is 3.35. The molecular weight excluding hydrogens is 295 g/mol. The predicted molar refractivity (Wildman–Crippen MR) is 67.9 cm³/mol. The Hall–Kier alpha value is -0.750. The van der Waals surface area contributed by atoms with Crippen LogP contribution in [-0.2, 0) is 0 Å². The standard InChI is InChI=1S/C11H7BrN2O2.Na/c12-8-3-1-2-7(4-8)9-5-10(11(15)16)14-6-13-9;/h1-6H,(H,15,16);. The summed E-state index contributed by atoms with van der Waals surface area (Å²) in [5.74, 6) is -1.06. The minimum atomic E-state index is -1.06. The Labute approximate surface area is 129 Å². The number of carbonyl (C=O) groups is 1. The summed E-state index contributed by atoms with van der Waals surface area (Å²) in [6, 6.07) is 8.93. The van der Waals surface area contributed by atoms with Gasteiger partial charge in [0.2, 0.25) is 0 Å². The van der Waals surface area contributed by atoms with Gasteiger partial charge >= 0.3 is 5.97 Å². The van der Waals surface area contributed by atoms with Crippen molar-refractivity contribution in [2.45, 2.75) is 0 Å². The van der Waals surface area contributed by atoms with E-state index in [1.54, 1.807) is 0 Å². The van der Waals surface area contributed by atoms with Gasteiger partial charge in [-0.1, -0.05) is 28.1 Å². The molecule has 1 heterocycles. The Balaban J connectivity index is 0.00000144. The molecule has 1 radical (unpaired) electrons. The summed E-state index contributed by atoms with van der Waals surface area (Å²) in [5.41, 5.74) is 1.43. The Morgan fingerprint density at radius 1 is 1.24 bits per heavy atom. The normalized spacial score (nSPS) is 9.47. The van der Waals surface area contributed by atoms with E-state index in [1.165, 1.54) is 12.4 Å². The second-order valence-electron chi connectivity index (χ2n) is 3.10. The van der Waals surface area contributed by atoms with Crippen LogP contribution in [0.15, 0.2) is 41.1 Å². The third kappa shape index (κ3) is 3.61. The molecule has 17 heavy (non-hydrogen) atoms. The number of aromatic carboxylic acids is 1. The molecule has 0 fully saturated rings. The fraction of sp³-hybridized carbons (Fsp3) is 0. The number of halogens is 1. The molecule has 0 spiro atoms. The fourth-order valence-corrected chi connectivity index (χ4v) is 1.68. The van der Waals surface area contributed by atoms with Crippen LogP contribution in [0.4, 0.5) is 0 Å². The zero-order chi connectivity index (χ0) is 11.5. The van der Waals surface area contributed by atoms with Crippen molar-refractivity contribution in [1.82, 2.24) is 9.97 Å². The van der Waals surface area contributed by atoms with Crippen molar-refractivity contribution in [3.05, 3.63) is 46.8 Å². The first-order valence-electron chi connectivity index (χ1n) is 4.48. The number of hydrogen-bond acceptors (Lipinski definition) is 3. The average molecular weight is 302 g/mol. The van der Waals surface area contributed by atoms with Gasteiger partial charge in [0, 0.05) is 39.6 Å². The van der Waals surface area contributed by atoms with Crippen LogP contribution in [0, 0.1) is 0 Å². The second-order valence-corrected chi connectivity index (χ2v) is 4.02. The largest absolute Gasteiger partial charge is 0.477 e. The molecule has 0 saturated carbocycles. The average Bonchev–Trinajstić information content (AvgIpc) is 2.29. The maximum Gasteiger partial charge on any atom is 0.354 e. The summed E-state index contributed by atoms with van der Waals surface area (Å²) in [4.78, 5) is 18.5. The molecule has 0 unspecified atom stereocenters. The van der Waals surface area contributed by atoms with E-state index in [4.69, 9.17) is 5.11 Å². The van der Waals surface area contributed by atoms with Gasteiger partial charge in [0.15, 0.2) is 5.69 Å². The van der Waals surface area contributed by atoms with E-state index in [0.29, 0.717) is 5.69 Å². The van der Waals surface area contributed by atoms with Gasteiger partial charge in [0.25, 0.3) is 0 Å². The molecule has 6 heteroatoms. The molecule has 2 aromatic rings. The zero-order valence-electron chi connectivity index (χ0n) is 9.09. The number of rotatable bonds is 2. The molecule has 0 saturated heterocycles. The van der Waals surface area contributed by atoms with Crippen LogP contribution in [0.5, 0.6) is 0 Å². The quantitative estimate of drug-likeness (QED) is 0.864. The molecule has 1 aromatic carbocycles. The minimum absolute atomic E-state index is 0. The van der Waals surface area contributed by atoms with Crippen molar-refractivity contribution >= 4 is 51.5 Å². The Morgan fingerprint density at radius 2 is 2.00 bits per heavy atom. The summed E-state index contributed by atoms with van der Waals surface area (Å²) in [6.45, 7) is 0. The van der Waals surface area contributed by atoms with Gasteiger partial charge < -0.3 is 5.11 Å². The number of nitrogens with zero attached hydrogens (tertiary/aromatic N) is 2. The monoisotopic (exact) mass is 301 g/mol. The SMILES string of the molecule is O=C(O)c1cc(-c2cccc(Br)c2)ncn1.[Na]. The van der Waals surface area contributed by atoms with Crippen LogP contribution in [-0.4, -0.2) is 50.6 Å². The summed E-state index contributed by atoms with van der Waals surface area (Å²) in [6.07, 6.45) is 1.25. The van der Waals surface area contributed by atoms with Gasteiger partial charge in [-0.15, -0.1) is 0 Å². The molecular formula is C11H7BrN2NaO2. The van der Waals surface area contributed by atoms with Crippen molar-refractivity contribution < 1.29 is 9.90 Å². The van der Waals surface area contributed by atoms with E-state index in [-0.39, 0.29) is 35.3 Å². The number of carboxylic acids is 1. The van der Waals surface area contributed by atoms with E-state index < -0.39 is 5.97 Å². The van der Waals surface area contributed by atoms with Gasteiger partial charge in [-0.3, -0.25) is 0 Å². The Morgan fingerprint density at radius 3 is 2.65 bits per heavy atom. The third-order valence-electron chi connectivity index (χ3n) is 2.01. The fourth-order valence-electron chi connectivity index (χ4n) is 1.28. The van der Waals surface area contributed by atoms with Gasteiger partial charge in [-0.25, -0.2) is 14.8 Å². The first-order valence-corrected chi connectivity index (χ1v) is 5.27. The van der Waals surface area contributed by atoms with E-state index >= 15 is 0 Å². The smallest absolute Gasteiger partial charge is 0.354 e. The first-order chi connectivity index (χ1) is 7.66. The number of benzene rings is 1. The molecule has 1 aromatic heterocycles. The van der Waals surface area contributed by atoms with Crippen molar-refractivity contribution in [1.29, 1.82) is 0 Å².